The average Bonchev–Trinajstić information content (AvgIpc) is 2.41. The molecular weight excluding hydrogens is 226 g/mol. The molecule has 0 spiro atoms. The Morgan fingerprint density at radius 3 is 2.78 bits per heavy atom. The summed E-state index contributed by atoms with van der Waals surface area (Å²) in [6.07, 6.45) is 5.48. The summed E-state index contributed by atoms with van der Waals surface area (Å²) in [5, 5.41) is 3.33. The number of hydrogen-bond acceptors (Lipinski definition) is 3. The molecular formula is C14H21N3O. The second-order valence-corrected chi connectivity index (χ2v) is 5.10. The predicted octanol–water partition coefficient (Wildman–Crippen LogP) is 1.82. The quantitative estimate of drug-likeness (QED) is 0.886. The van der Waals surface area contributed by atoms with Crippen molar-refractivity contribution in [2.75, 3.05) is 24.5 Å². The van der Waals surface area contributed by atoms with Crippen LogP contribution >= 0.6 is 0 Å². The van der Waals surface area contributed by atoms with Gasteiger partial charge in [0, 0.05) is 31.2 Å². The summed E-state index contributed by atoms with van der Waals surface area (Å²) in [6.45, 7) is 6.55. The fourth-order valence-electron chi connectivity index (χ4n) is 2.53. The van der Waals surface area contributed by atoms with Crippen LogP contribution in [0.5, 0.6) is 0 Å². The Balaban J connectivity index is 2.20. The Morgan fingerprint density at radius 2 is 2.22 bits per heavy atom. The van der Waals surface area contributed by atoms with Crippen LogP contribution in [-0.4, -0.2) is 30.5 Å². The molecule has 98 valence electrons. The van der Waals surface area contributed by atoms with E-state index in [0.29, 0.717) is 6.54 Å². The normalized spacial score (nSPS) is 23.7. The summed E-state index contributed by atoms with van der Waals surface area (Å²) >= 11 is 0. The molecule has 1 aliphatic heterocycles. The number of carbonyl (C=O) groups is 1. The predicted molar refractivity (Wildman–Crippen MR) is 72.5 cm³/mol. The molecule has 1 aliphatic rings. The number of nitrogens with one attached hydrogen (secondary N) is 1. The highest BCUT2D eigenvalue weighted by molar-refractivity contribution is 5.97. The van der Waals surface area contributed by atoms with Gasteiger partial charge in [0.25, 0.3) is 0 Å². The summed E-state index contributed by atoms with van der Waals surface area (Å²) in [4.78, 5) is 18.6. The van der Waals surface area contributed by atoms with Crippen LogP contribution in [0, 0.1) is 5.41 Å². The molecule has 1 aromatic rings. The number of amides is 1. The van der Waals surface area contributed by atoms with Gasteiger partial charge in [0.1, 0.15) is 0 Å². The van der Waals surface area contributed by atoms with Crippen molar-refractivity contribution >= 4 is 11.6 Å². The number of carbonyl (C=O) groups excluding carboxylic acids is 1. The van der Waals surface area contributed by atoms with E-state index in [9.17, 15) is 4.79 Å². The second kappa shape index (κ2) is 5.48. The van der Waals surface area contributed by atoms with Crippen LogP contribution in [0.15, 0.2) is 24.5 Å². The van der Waals surface area contributed by atoms with Gasteiger partial charge < -0.3 is 10.2 Å². The summed E-state index contributed by atoms with van der Waals surface area (Å²) in [6, 6.07) is 3.78. The Morgan fingerprint density at radius 1 is 1.50 bits per heavy atom. The number of rotatable bonds is 3. The van der Waals surface area contributed by atoms with Crippen molar-refractivity contribution in [2.24, 2.45) is 5.41 Å². The van der Waals surface area contributed by atoms with Gasteiger partial charge in [-0.25, -0.2) is 0 Å². The lowest BCUT2D eigenvalue weighted by atomic mass is 9.81. The third kappa shape index (κ3) is 2.53. The van der Waals surface area contributed by atoms with E-state index >= 15 is 0 Å². The van der Waals surface area contributed by atoms with Crippen LogP contribution in [0.25, 0.3) is 0 Å². The third-order valence-corrected chi connectivity index (χ3v) is 3.65. The topological polar surface area (TPSA) is 45.2 Å². The monoisotopic (exact) mass is 247 g/mol. The van der Waals surface area contributed by atoms with Gasteiger partial charge in [-0.2, -0.15) is 0 Å². The van der Waals surface area contributed by atoms with Gasteiger partial charge >= 0.3 is 0 Å². The molecule has 0 radical (unpaired) electrons. The molecule has 1 atom stereocenters. The van der Waals surface area contributed by atoms with Crippen LogP contribution in [0.3, 0.4) is 0 Å². The molecule has 1 unspecified atom stereocenters. The Bertz CT molecular complexity index is 399. The van der Waals surface area contributed by atoms with E-state index in [2.05, 4.69) is 17.2 Å². The molecule has 1 N–H and O–H groups in total. The van der Waals surface area contributed by atoms with Crippen LogP contribution < -0.4 is 10.2 Å². The molecule has 2 rings (SSSR count). The number of pyridine rings is 1. The molecule has 1 saturated heterocycles. The highest BCUT2D eigenvalue weighted by Crippen LogP contribution is 2.30. The van der Waals surface area contributed by atoms with Crippen LogP contribution in [0.2, 0.25) is 0 Å². The maximum absolute atomic E-state index is 12.7. The lowest BCUT2D eigenvalue weighted by molar-refractivity contribution is -0.128. The zero-order chi connectivity index (χ0) is 13.0. The molecule has 0 bridgehead atoms. The molecule has 2 heterocycles. The first-order valence-corrected chi connectivity index (χ1v) is 6.60. The van der Waals surface area contributed by atoms with Crippen molar-refractivity contribution in [3.63, 3.8) is 0 Å². The van der Waals surface area contributed by atoms with Gasteiger partial charge in [-0.05, 0) is 45.4 Å². The fraction of sp³-hybridized carbons (Fsp3) is 0.571. The Hall–Kier alpha value is -1.42. The summed E-state index contributed by atoms with van der Waals surface area (Å²) < 4.78 is 0. The van der Waals surface area contributed by atoms with Gasteiger partial charge in [0.2, 0.25) is 5.91 Å². The summed E-state index contributed by atoms with van der Waals surface area (Å²) in [5.74, 6) is 0.211. The highest BCUT2D eigenvalue weighted by atomic mass is 16.2. The molecule has 4 heteroatoms. The van der Waals surface area contributed by atoms with Gasteiger partial charge in [0.15, 0.2) is 0 Å². The smallest absolute Gasteiger partial charge is 0.234 e. The first-order chi connectivity index (χ1) is 8.67. The van der Waals surface area contributed by atoms with Crippen LogP contribution in [0.1, 0.15) is 26.7 Å². The van der Waals surface area contributed by atoms with Crippen molar-refractivity contribution < 1.29 is 4.79 Å². The van der Waals surface area contributed by atoms with E-state index in [4.69, 9.17) is 0 Å². The first kappa shape index (κ1) is 13.0. The van der Waals surface area contributed by atoms with Crippen molar-refractivity contribution in [3.05, 3.63) is 24.5 Å². The van der Waals surface area contributed by atoms with E-state index in [0.717, 1.165) is 31.6 Å². The molecule has 0 aliphatic carbocycles. The van der Waals surface area contributed by atoms with Crippen molar-refractivity contribution in [1.82, 2.24) is 10.3 Å². The Labute approximate surface area is 108 Å². The number of anilines is 1. The third-order valence-electron chi connectivity index (χ3n) is 3.65. The van der Waals surface area contributed by atoms with Gasteiger partial charge in [0.05, 0.1) is 5.41 Å². The van der Waals surface area contributed by atoms with Crippen molar-refractivity contribution in [3.8, 4) is 0 Å². The molecule has 0 aromatic carbocycles. The molecule has 0 saturated carbocycles. The lowest BCUT2D eigenvalue weighted by Crippen LogP contribution is -2.50. The first-order valence-electron chi connectivity index (χ1n) is 6.60. The van der Waals surface area contributed by atoms with E-state index in [1.165, 1.54) is 0 Å². The SMILES string of the molecule is CCN(C(=O)C1(C)CCCNC1)c1ccncc1. The number of piperidine rings is 1. The number of nitrogens with zero attached hydrogens (tertiary/aromatic N) is 2. The fourth-order valence-corrected chi connectivity index (χ4v) is 2.53. The van der Waals surface area contributed by atoms with Gasteiger partial charge in [-0.3, -0.25) is 9.78 Å². The lowest BCUT2D eigenvalue weighted by Gasteiger charge is -2.37. The number of hydrogen-bond donors (Lipinski definition) is 1. The van der Waals surface area contributed by atoms with Gasteiger partial charge in [-0.1, -0.05) is 0 Å². The minimum atomic E-state index is -0.280. The van der Waals surface area contributed by atoms with E-state index in [1.807, 2.05) is 24.0 Å². The zero-order valence-corrected chi connectivity index (χ0v) is 11.1. The second-order valence-electron chi connectivity index (χ2n) is 5.10. The molecule has 1 amide bonds. The maximum Gasteiger partial charge on any atom is 0.234 e. The molecule has 1 aromatic heterocycles. The largest absolute Gasteiger partial charge is 0.316 e. The number of aromatic nitrogens is 1. The van der Waals surface area contributed by atoms with Crippen molar-refractivity contribution in [1.29, 1.82) is 0 Å². The van der Waals surface area contributed by atoms with E-state index in [-0.39, 0.29) is 11.3 Å². The molecule has 18 heavy (non-hydrogen) atoms. The van der Waals surface area contributed by atoms with E-state index < -0.39 is 0 Å². The minimum Gasteiger partial charge on any atom is -0.316 e. The van der Waals surface area contributed by atoms with E-state index in [1.54, 1.807) is 12.4 Å². The Kier molecular flexibility index (Phi) is 3.97. The molecule has 1 fully saturated rings. The van der Waals surface area contributed by atoms with Crippen LogP contribution in [0.4, 0.5) is 5.69 Å². The standard InChI is InChI=1S/C14H21N3O/c1-3-17(12-5-9-15-10-6-12)13(18)14(2)7-4-8-16-11-14/h5-6,9-10,16H,3-4,7-8,11H2,1-2H3. The van der Waals surface area contributed by atoms with Crippen LogP contribution in [-0.2, 0) is 4.79 Å². The summed E-state index contributed by atoms with van der Waals surface area (Å²) in [5.41, 5.74) is 0.654. The summed E-state index contributed by atoms with van der Waals surface area (Å²) in [7, 11) is 0. The maximum atomic E-state index is 12.7. The van der Waals surface area contributed by atoms with Gasteiger partial charge in [-0.15, -0.1) is 0 Å². The minimum absolute atomic E-state index is 0.211. The molecule has 4 nitrogen and oxygen atoms in total. The van der Waals surface area contributed by atoms with Crippen molar-refractivity contribution in [2.45, 2.75) is 26.7 Å². The average molecular weight is 247 g/mol. The highest BCUT2D eigenvalue weighted by Gasteiger charge is 2.37. The zero-order valence-electron chi connectivity index (χ0n) is 11.1.